The van der Waals surface area contributed by atoms with Crippen molar-refractivity contribution in [2.75, 3.05) is 5.32 Å². The number of anilines is 1. The van der Waals surface area contributed by atoms with Gasteiger partial charge in [0.05, 0.1) is 5.69 Å². The molecule has 1 heterocycles. The molecule has 0 atom stereocenters. The zero-order valence-electron chi connectivity index (χ0n) is 14.8. The first kappa shape index (κ1) is 18.4. The maximum atomic E-state index is 12.2. The van der Waals surface area contributed by atoms with Crippen LogP contribution >= 0.6 is 0 Å². The van der Waals surface area contributed by atoms with Crippen LogP contribution in [-0.2, 0) is 17.8 Å². The Labute approximate surface area is 147 Å². The van der Waals surface area contributed by atoms with Crippen molar-refractivity contribution in [2.24, 2.45) is 0 Å². The molecule has 2 rings (SSSR count). The van der Waals surface area contributed by atoms with E-state index < -0.39 is 5.56 Å². The highest BCUT2D eigenvalue weighted by atomic mass is 16.2. The molecule has 0 unspecified atom stereocenters. The van der Waals surface area contributed by atoms with Crippen LogP contribution in [0.15, 0.2) is 29.1 Å². The number of rotatable bonds is 6. The standard InChI is InChI=1S/C19H22N4O2/c1-4-5-6-15-7-9-16(10-8-15)21-18(24)12-23-19(25)17(11-20)13(2)14(3)22-23/h7-10H,4-6,12H2,1-3H3,(H,21,24). The second kappa shape index (κ2) is 8.25. The molecule has 1 amide bonds. The molecule has 1 aromatic carbocycles. The van der Waals surface area contributed by atoms with E-state index in [9.17, 15) is 9.59 Å². The van der Waals surface area contributed by atoms with Crippen LogP contribution in [0.2, 0.25) is 0 Å². The van der Waals surface area contributed by atoms with Gasteiger partial charge in [-0.2, -0.15) is 10.4 Å². The second-order valence-corrected chi connectivity index (χ2v) is 6.01. The Kier molecular flexibility index (Phi) is 6.07. The summed E-state index contributed by atoms with van der Waals surface area (Å²) in [5, 5.41) is 16.0. The molecule has 0 aliphatic heterocycles. The van der Waals surface area contributed by atoms with Crippen LogP contribution in [0.5, 0.6) is 0 Å². The number of hydrogen-bond acceptors (Lipinski definition) is 4. The van der Waals surface area contributed by atoms with E-state index in [1.54, 1.807) is 13.8 Å². The average molecular weight is 338 g/mol. The third-order valence-corrected chi connectivity index (χ3v) is 4.10. The van der Waals surface area contributed by atoms with Crippen molar-refractivity contribution in [3.63, 3.8) is 0 Å². The van der Waals surface area contributed by atoms with Crippen LogP contribution in [0.4, 0.5) is 5.69 Å². The highest BCUT2D eigenvalue weighted by Gasteiger charge is 2.14. The lowest BCUT2D eigenvalue weighted by atomic mass is 10.1. The van der Waals surface area contributed by atoms with Gasteiger partial charge in [0, 0.05) is 5.69 Å². The lowest BCUT2D eigenvalue weighted by Gasteiger charge is -2.10. The number of aryl methyl sites for hydroxylation is 2. The molecule has 0 aliphatic carbocycles. The Morgan fingerprint density at radius 2 is 1.96 bits per heavy atom. The number of unbranched alkanes of at least 4 members (excludes halogenated alkanes) is 1. The van der Waals surface area contributed by atoms with Crippen LogP contribution in [-0.4, -0.2) is 15.7 Å². The summed E-state index contributed by atoms with van der Waals surface area (Å²) in [4.78, 5) is 24.4. The molecule has 0 saturated heterocycles. The van der Waals surface area contributed by atoms with Crippen LogP contribution in [0.1, 0.15) is 42.1 Å². The normalized spacial score (nSPS) is 10.3. The summed E-state index contributed by atoms with van der Waals surface area (Å²) in [6, 6.07) is 9.55. The summed E-state index contributed by atoms with van der Waals surface area (Å²) in [7, 11) is 0. The SMILES string of the molecule is CCCCc1ccc(NC(=O)Cn2nc(C)c(C)c(C#N)c2=O)cc1. The molecule has 0 saturated carbocycles. The molecular formula is C19H22N4O2. The zero-order valence-corrected chi connectivity index (χ0v) is 14.8. The van der Waals surface area contributed by atoms with Crippen LogP contribution < -0.4 is 10.9 Å². The molecule has 1 N–H and O–H groups in total. The molecule has 1 aromatic heterocycles. The van der Waals surface area contributed by atoms with Crippen LogP contribution in [0.3, 0.4) is 0 Å². The number of nitrogens with zero attached hydrogens (tertiary/aromatic N) is 3. The predicted octanol–water partition coefficient (Wildman–Crippen LogP) is 2.71. The first-order valence-electron chi connectivity index (χ1n) is 8.33. The van der Waals surface area contributed by atoms with Crippen LogP contribution in [0.25, 0.3) is 0 Å². The maximum absolute atomic E-state index is 12.2. The summed E-state index contributed by atoms with van der Waals surface area (Å²) in [5.41, 5.74) is 2.49. The highest BCUT2D eigenvalue weighted by molar-refractivity contribution is 5.90. The van der Waals surface area contributed by atoms with Crippen molar-refractivity contribution < 1.29 is 4.79 Å². The minimum atomic E-state index is -0.546. The summed E-state index contributed by atoms with van der Waals surface area (Å²) in [6.45, 7) is 5.30. The Bertz CT molecular complexity index is 861. The van der Waals surface area contributed by atoms with E-state index in [2.05, 4.69) is 17.3 Å². The number of nitriles is 1. The number of amides is 1. The van der Waals surface area contributed by atoms with E-state index in [1.165, 1.54) is 5.56 Å². The van der Waals surface area contributed by atoms with Gasteiger partial charge >= 0.3 is 0 Å². The van der Waals surface area contributed by atoms with Gasteiger partial charge in [-0.25, -0.2) is 4.68 Å². The van der Waals surface area contributed by atoms with Crippen molar-refractivity contribution in [3.05, 3.63) is 57.0 Å². The second-order valence-electron chi connectivity index (χ2n) is 6.01. The molecule has 0 bridgehead atoms. The summed E-state index contributed by atoms with van der Waals surface area (Å²) < 4.78 is 1.03. The minimum Gasteiger partial charge on any atom is -0.324 e. The van der Waals surface area contributed by atoms with Gasteiger partial charge < -0.3 is 5.32 Å². The number of carbonyl (C=O) groups excluding carboxylic acids is 1. The monoisotopic (exact) mass is 338 g/mol. The van der Waals surface area contributed by atoms with Gasteiger partial charge in [-0.1, -0.05) is 25.5 Å². The molecule has 130 valence electrons. The fourth-order valence-corrected chi connectivity index (χ4v) is 2.48. The van der Waals surface area contributed by atoms with Gasteiger partial charge in [0.2, 0.25) is 5.91 Å². The van der Waals surface area contributed by atoms with Crippen molar-refractivity contribution in [1.82, 2.24) is 9.78 Å². The van der Waals surface area contributed by atoms with Crippen LogP contribution in [0, 0.1) is 25.2 Å². The van der Waals surface area contributed by atoms with Gasteiger partial charge in [0.25, 0.3) is 5.56 Å². The molecule has 0 spiro atoms. The third-order valence-electron chi connectivity index (χ3n) is 4.10. The number of carbonyl (C=O) groups is 1. The van der Waals surface area contributed by atoms with Gasteiger partial charge in [-0.3, -0.25) is 9.59 Å². The summed E-state index contributed by atoms with van der Waals surface area (Å²) in [5.74, 6) is -0.358. The third kappa shape index (κ3) is 4.54. The number of nitrogens with one attached hydrogen (secondary N) is 1. The van der Waals surface area contributed by atoms with Gasteiger partial charge in [-0.05, 0) is 49.9 Å². The van der Waals surface area contributed by atoms with E-state index >= 15 is 0 Å². The van der Waals surface area contributed by atoms with E-state index in [0.717, 1.165) is 23.9 Å². The summed E-state index contributed by atoms with van der Waals surface area (Å²) >= 11 is 0. The number of hydrogen-bond donors (Lipinski definition) is 1. The summed E-state index contributed by atoms with van der Waals surface area (Å²) in [6.07, 6.45) is 3.29. The quantitative estimate of drug-likeness (QED) is 0.877. The fraction of sp³-hybridized carbons (Fsp3) is 0.368. The molecule has 0 radical (unpaired) electrons. The largest absolute Gasteiger partial charge is 0.324 e. The minimum absolute atomic E-state index is 0.0283. The predicted molar refractivity (Wildman–Crippen MR) is 96.4 cm³/mol. The Balaban J connectivity index is 2.09. The van der Waals surface area contributed by atoms with Gasteiger partial charge in [0.15, 0.2) is 0 Å². The maximum Gasteiger partial charge on any atom is 0.285 e. The van der Waals surface area contributed by atoms with Gasteiger partial charge in [-0.15, -0.1) is 0 Å². The van der Waals surface area contributed by atoms with E-state index in [4.69, 9.17) is 5.26 Å². The Morgan fingerprint density at radius 1 is 1.28 bits per heavy atom. The smallest absolute Gasteiger partial charge is 0.285 e. The first-order chi connectivity index (χ1) is 12.0. The van der Waals surface area contributed by atoms with Crippen molar-refractivity contribution >= 4 is 11.6 Å². The average Bonchev–Trinajstić information content (AvgIpc) is 2.59. The lowest BCUT2D eigenvalue weighted by Crippen LogP contribution is -2.32. The fourth-order valence-electron chi connectivity index (χ4n) is 2.48. The van der Waals surface area contributed by atoms with Crippen molar-refractivity contribution in [3.8, 4) is 6.07 Å². The zero-order chi connectivity index (χ0) is 18.4. The molecule has 6 nitrogen and oxygen atoms in total. The van der Waals surface area contributed by atoms with Crippen molar-refractivity contribution in [2.45, 2.75) is 46.6 Å². The first-order valence-corrected chi connectivity index (χ1v) is 8.33. The lowest BCUT2D eigenvalue weighted by molar-refractivity contribution is -0.117. The molecule has 6 heteroatoms. The highest BCUT2D eigenvalue weighted by Crippen LogP contribution is 2.12. The Hall–Kier alpha value is -2.94. The number of aromatic nitrogens is 2. The topological polar surface area (TPSA) is 87.8 Å². The van der Waals surface area contributed by atoms with E-state index in [0.29, 0.717) is 16.9 Å². The molecule has 0 fully saturated rings. The van der Waals surface area contributed by atoms with Gasteiger partial charge in [0.1, 0.15) is 18.2 Å². The van der Waals surface area contributed by atoms with E-state index in [-0.39, 0.29) is 18.0 Å². The van der Waals surface area contributed by atoms with E-state index in [1.807, 2.05) is 30.3 Å². The molecule has 2 aromatic rings. The Morgan fingerprint density at radius 3 is 2.56 bits per heavy atom. The molecule has 25 heavy (non-hydrogen) atoms. The van der Waals surface area contributed by atoms with Crippen molar-refractivity contribution in [1.29, 1.82) is 5.26 Å². The molecular weight excluding hydrogens is 316 g/mol. The molecule has 0 aliphatic rings. The number of benzene rings is 1.